The molecule has 2 N–H and O–H groups in total. The second kappa shape index (κ2) is 6.88. The zero-order valence-corrected chi connectivity index (χ0v) is 12.3. The summed E-state index contributed by atoms with van der Waals surface area (Å²) in [6.07, 6.45) is 6.70. The van der Waals surface area contributed by atoms with Crippen molar-refractivity contribution < 1.29 is 0 Å². The van der Waals surface area contributed by atoms with Gasteiger partial charge in [-0.15, -0.1) is 0 Å². The van der Waals surface area contributed by atoms with Crippen molar-refractivity contribution >= 4 is 0 Å². The number of rotatable bonds is 4. The van der Waals surface area contributed by atoms with Crippen molar-refractivity contribution in [2.24, 2.45) is 11.7 Å². The van der Waals surface area contributed by atoms with Crippen LogP contribution in [0.25, 0.3) is 0 Å². The molecule has 0 aromatic carbocycles. The van der Waals surface area contributed by atoms with Crippen LogP contribution in [0.2, 0.25) is 0 Å². The van der Waals surface area contributed by atoms with Gasteiger partial charge in [0.05, 0.1) is 0 Å². The van der Waals surface area contributed by atoms with Gasteiger partial charge in [0.15, 0.2) is 0 Å². The van der Waals surface area contributed by atoms with Crippen LogP contribution in [0, 0.1) is 5.92 Å². The van der Waals surface area contributed by atoms with E-state index in [0.29, 0.717) is 0 Å². The third kappa shape index (κ3) is 3.46. The van der Waals surface area contributed by atoms with Crippen LogP contribution in [0.4, 0.5) is 0 Å². The van der Waals surface area contributed by atoms with E-state index in [0.717, 1.165) is 24.5 Å². The molecule has 106 valence electrons. The third-order valence-corrected chi connectivity index (χ3v) is 4.93. The minimum absolute atomic E-state index is 0.745. The fourth-order valence-corrected chi connectivity index (χ4v) is 3.70. The van der Waals surface area contributed by atoms with Crippen LogP contribution in [0.1, 0.15) is 46.0 Å². The first-order valence-corrected chi connectivity index (χ1v) is 7.92. The summed E-state index contributed by atoms with van der Waals surface area (Å²) in [7, 11) is 0. The van der Waals surface area contributed by atoms with Gasteiger partial charge in [0, 0.05) is 18.6 Å². The first kappa shape index (κ1) is 14.3. The number of nitrogens with zero attached hydrogens (tertiary/aromatic N) is 2. The predicted molar refractivity (Wildman–Crippen MR) is 77.7 cm³/mol. The minimum Gasteiger partial charge on any atom is -0.330 e. The number of piperidine rings is 2. The quantitative estimate of drug-likeness (QED) is 0.831. The Balaban J connectivity index is 1.83. The van der Waals surface area contributed by atoms with Crippen molar-refractivity contribution in [3.63, 3.8) is 0 Å². The molecule has 0 spiro atoms. The van der Waals surface area contributed by atoms with Gasteiger partial charge in [-0.2, -0.15) is 0 Å². The molecule has 0 saturated carbocycles. The van der Waals surface area contributed by atoms with Crippen LogP contribution in [-0.2, 0) is 0 Å². The molecule has 0 aromatic heterocycles. The van der Waals surface area contributed by atoms with E-state index in [4.69, 9.17) is 5.73 Å². The normalized spacial score (nSPS) is 32.8. The van der Waals surface area contributed by atoms with Gasteiger partial charge in [0.25, 0.3) is 0 Å². The van der Waals surface area contributed by atoms with Gasteiger partial charge < -0.3 is 10.6 Å². The lowest BCUT2D eigenvalue weighted by Crippen LogP contribution is -2.52. The highest BCUT2D eigenvalue weighted by Crippen LogP contribution is 2.27. The zero-order valence-electron chi connectivity index (χ0n) is 12.3. The van der Waals surface area contributed by atoms with Crippen LogP contribution < -0.4 is 5.73 Å². The van der Waals surface area contributed by atoms with E-state index in [1.54, 1.807) is 0 Å². The highest BCUT2D eigenvalue weighted by Gasteiger charge is 2.31. The van der Waals surface area contributed by atoms with Gasteiger partial charge in [-0.25, -0.2) is 0 Å². The van der Waals surface area contributed by atoms with Crippen molar-refractivity contribution in [3.8, 4) is 0 Å². The third-order valence-electron chi connectivity index (χ3n) is 4.93. The molecule has 0 amide bonds. The second-order valence-corrected chi connectivity index (χ2v) is 6.30. The van der Waals surface area contributed by atoms with Crippen molar-refractivity contribution in [2.75, 3.05) is 32.7 Å². The van der Waals surface area contributed by atoms with Crippen LogP contribution in [0.3, 0.4) is 0 Å². The van der Waals surface area contributed by atoms with E-state index >= 15 is 0 Å². The average Bonchev–Trinajstić information content (AvgIpc) is 2.41. The maximum Gasteiger partial charge on any atom is 0.0122 e. The lowest BCUT2D eigenvalue weighted by Gasteiger charge is -2.45. The number of nitrogens with two attached hydrogens (primary N) is 1. The van der Waals surface area contributed by atoms with Crippen LogP contribution in [0.5, 0.6) is 0 Å². The molecule has 2 unspecified atom stereocenters. The Kier molecular flexibility index (Phi) is 5.46. The summed E-state index contributed by atoms with van der Waals surface area (Å²) in [5.74, 6) is 0.745. The molecule has 2 heterocycles. The molecule has 0 aromatic rings. The Morgan fingerprint density at radius 1 is 1.11 bits per heavy atom. The van der Waals surface area contributed by atoms with E-state index in [2.05, 4.69) is 23.6 Å². The molecule has 18 heavy (non-hydrogen) atoms. The van der Waals surface area contributed by atoms with Gasteiger partial charge in [-0.05, 0) is 71.1 Å². The average molecular weight is 253 g/mol. The van der Waals surface area contributed by atoms with Gasteiger partial charge >= 0.3 is 0 Å². The largest absolute Gasteiger partial charge is 0.330 e. The SMILES string of the molecule is CCCN1CCC(N2CC(CN)CCC2C)CC1. The minimum atomic E-state index is 0.745. The van der Waals surface area contributed by atoms with E-state index in [1.165, 1.54) is 58.3 Å². The molecule has 0 aliphatic carbocycles. The summed E-state index contributed by atoms with van der Waals surface area (Å²) < 4.78 is 0. The summed E-state index contributed by atoms with van der Waals surface area (Å²) >= 11 is 0. The first-order chi connectivity index (χ1) is 8.74. The Morgan fingerprint density at radius 2 is 1.83 bits per heavy atom. The fraction of sp³-hybridized carbons (Fsp3) is 1.00. The molecule has 2 saturated heterocycles. The van der Waals surface area contributed by atoms with Crippen molar-refractivity contribution in [1.82, 2.24) is 9.80 Å². The summed E-state index contributed by atoms with van der Waals surface area (Å²) in [5.41, 5.74) is 5.87. The molecule has 2 atom stereocenters. The molecule has 3 heteroatoms. The zero-order chi connectivity index (χ0) is 13.0. The summed E-state index contributed by atoms with van der Waals surface area (Å²) in [5, 5.41) is 0. The van der Waals surface area contributed by atoms with Crippen LogP contribution in [0.15, 0.2) is 0 Å². The molecular formula is C15H31N3. The van der Waals surface area contributed by atoms with Crippen molar-refractivity contribution in [3.05, 3.63) is 0 Å². The van der Waals surface area contributed by atoms with E-state index < -0.39 is 0 Å². The maximum atomic E-state index is 5.87. The summed E-state index contributed by atoms with van der Waals surface area (Å²) in [6, 6.07) is 1.60. The number of hydrogen-bond acceptors (Lipinski definition) is 3. The molecule has 2 rings (SSSR count). The van der Waals surface area contributed by atoms with Gasteiger partial charge in [-0.1, -0.05) is 6.92 Å². The highest BCUT2D eigenvalue weighted by molar-refractivity contribution is 4.87. The van der Waals surface area contributed by atoms with Gasteiger partial charge in [-0.3, -0.25) is 4.90 Å². The van der Waals surface area contributed by atoms with Gasteiger partial charge in [0.2, 0.25) is 0 Å². The maximum absolute atomic E-state index is 5.87. The molecular weight excluding hydrogens is 222 g/mol. The lowest BCUT2D eigenvalue weighted by atomic mass is 9.90. The van der Waals surface area contributed by atoms with Crippen LogP contribution in [-0.4, -0.2) is 54.6 Å². The van der Waals surface area contributed by atoms with Crippen LogP contribution >= 0.6 is 0 Å². The Bertz CT molecular complexity index is 236. The molecule has 2 fully saturated rings. The van der Waals surface area contributed by atoms with Crippen molar-refractivity contribution in [1.29, 1.82) is 0 Å². The molecule has 0 bridgehead atoms. The standard InChI is InChI=1S/C15H31N3/c1-3-8-17-9-6-15(7-10-17)18-12-14(11-16)5-4-13(18)2/h13-15H,3-12,16H2,1-2H3. The Morgan fingerprint density at radius 3 is 2.44 bits per heavy atom. The smallest absolute Gasteiger partial charge is 0.0122 e. The number of hydrogen-bond donors (Lipinski definition) is 1. The van der Waals surface area contributed by atoms with E-state index in [1.807, 2.05) is 0 Å². The Labute approximate surface area is 113 Å². The van der Waals surface area contributed by atoms with Gasteiger partial charge in [0.1, 0.15) is 0 Å². The summed E-state index contributed by atoms with van der Waals surface area (Å²) in [4.78, 5) is 5.40. The summed E-state index contributed by atoms with van der Waals surface area (Å²) in [6.45, 7) is 10.7. The van der Waals surface area contributed by atoms with E-state index in [-0.39, 0.29) is 0 Å². The first-order valence-electron chi connectivity index (χ1n) is 7.92. The van der Waals surface area contributed by atoms with E-state index in [9.17, 15) is 0 Å². The lowest BCUT2D eigenvalue weighted by molar-refractivity contribution is 0.0373. The molecule has 0 radical (unpaired) electrons. The monoisotopic (exact) mass is 253 g/mol. The fourth-order valence-electron chi connectivity index (χ4n) is 3.70. The predicted octanol–water partition coefficient (Wildman–Crippen LogP) is 1.92. The second-order valence-electron chi connectivity index (χ2n) is 6.30. The van der Waals surface area contributed by atoms with Crippen molar-refractivity contribution in [2.45, 2.75) is 58.0 Å². The Hall–Kier alpha value is -0.120. The molecule has 2 aliphatic heterocycles. The molecule has 3 nitrogen and oxygen atoms in total. The topological polar surface area (TPSA) is 32.5 Å². The number of likely N-dealkylation sites (tertiary alicyclic amines) is 2. The highest BCUT2D eigenvalue weighted by atomic mass is 15.2. The molecule has 2 aliphatic rings.